The minimum absolute atomic E-state index is 0.0530. The third kappa shape index (κ3) is 6.55. The van der Waals surface area contributed by atoms with E-state index in [0.717, 1.165) is 11.1 Å². The lowest BCUT2D eigenvalue weighted by Gasteiger charge is -2.13. The van der Waals surface area contributed by atoms with Gasteiger partial charge in [0.1, 0.15) is 0 Å². The van der Waals surface area contributed by atoms with Crippen LogP contribution in [-0.4, -0.2) is 20.2 Å². The van der Waals surface area contributed by atoms with Crippen LogP contribution >= 0.6 is 11.6 Å². The second-order valence-corrected chi connectivity index (χ2v) is 10.4. The smallest absolute Gasteiger partial charge is 0.261 e. The molecule has 0 bridgehead atoms. The summed E-state index contributed by atoms with van der Waals surface area (Å²) in [6.45, 7) is 2.21. The van der Waals surface area contributed by atoms with E-state index in [1.54, 1.807) is 36.4 Å². The van der Waals surface area contributed by atoms with E-state index in [1.165, 1.54) is 30.3 Å². The normalized spacial score (nSPS) is 11.0. The zero-order valence-electron chi connectivity index (χ0n) is 19.9. The van der Waals surface area contributed by atoms with Crippen molar-refractivity contribution in [2.45, 2.75) is 18.4 Å². The molecule has 0 aliphatic rings. The van der Waals surface area contributed by atoms with Crippen molar-refractivity contribution in [3.63, 3.8) is 0 Å². The minimum Gasteiger partial charge on any atom is -0.348 e. The fraction of sp³-hybridized carbons (Fsp3) is 0.0714. The number of halogens is 1. The Bertz CT molecular complexity index is 1540. The standard InChI is InChI=1S/C28H24ClN3O4S/c1-19-11-14-22(15-12-19)37(35,36)32-26-16-13-21(17-24(26)29)27(33)31-25-10-6-5-9-23(25)28(34)30-18-20-7-3-2-4-8-20/h2-17,32H,18H2,1H3,(H,30,34)(H,31,33). The van der Waals surface area contributed by atoms with Crippen LogP contribution < -0.4 is 15.4 Å². The van der Waals surface area contributed by atoms with Crippen LogP contribution in [0.5, 0.6) is 0 Å². The first-order valence-corrected chi connectivity index (χ1v) is 13.2. The van der Waals surface area contributed by atoms with Crippen molar-refractivity contribution in [3.8, 4) is 0 Å². The minimum atomic E-state index is -3.85. The summed E-state index contributed by atoms with van der Waals surface area (Å²) in [4.78, 5) is 25.8. The van der Waals surface area contributed by atoms with Crippen LogP contribution in [-0.2, 0) is 16.6 Å². The van der Waals surface area contributed by atoms with Gasteiger partial charge in [-0.3, -0.25) is 14.3 Å². The van der Waals surface area contributed by atoms with Crippen LogP contribution in [0.1, 0.15) is 31.8 Å². The molecule has 188 valence electrons. The second-order valence-electron chi connectivity index (χ2n) is 8.28. The van der Waals surface area contributed by atoms with Gasteiger partial charge in [-0.25, -0.2) is 8.42 Å². The van der Waals surface area contributed by atoms with E-state index in [9.17, 15) is 18.0 Å². The molecule has 4 aromatic rings. The van der Waals surface area contributed by atoms with Crippen LogP contribution in [0.4, 0.5) is 11.4 Å². The topological polar surface area (TPSA) is 104 Å². The first-order valence-electron chi connectivity index (χ1n) is 11.3. The summed E-state index contributed by atoms with van der Waals surface area (Å²) in [7, 11) is -3.85. The van der Waals surface area contributed by atoms with Gasteiger partial charge in [0.05, 0.1) is 26.9 Å². The van der Waals surface area contributed by atoms with Gasteiger partial charge in [-0.1, -0.05) is 71.8 Å². The summed E-state index contributed by atoms with van der Waals surface area (Å²) >= 11 is 6.31. The second kappa shape index (κ2) is 11.3. The quantitative estimate of drug-likeness (QED) is 0.273. The van der Waals surface area contributed by atoms with Crippen molar-refractivity contribution < 1.29 is 18.0 Å². The van der Waals surface area contributed by atoms with Crippen molar-refractivity contribution in [2.24, 2.45) is 0 Å². The van der Waals surface area contributed by atoms with E-state index in [2.05, 4.69) is 15.4 Å². The molecule has 37 heavy (non-hydrogen) atoms. The summed E-state index contributed by atoms with van der Waals surface area (Å²) in [5.74, 6) is -0.836. The zero-order chi connectivity index (χ0) is 26.4. The van der Waals surface area contributed by atoms with Gasteiger partial charge < -0.3 is 10.6 Å². The molecule has 2 amide bonds. The van der Waals surface area contributed by atoms with Gasteiger partial charge in [-0.2, -0.15) is 0 Å². The fourth-order valence-corrected chi connectivity index (χ4v) is 4.88. The summed E-state index contributed by atoms with van der Waals surface area (Å²) in [5, 5.41) is 5.63. The number of rotatable bonds is 8. The molecule has 0 saturated carbocycles. The number of para-hydroxylation sites is 1. The molecule has 9 heteroatoms. The molecule has 0 aliphatic heterocycles. The Morgan fingerprint density at radius 1 is 0.784 bits per heavy atom. The number of hydrogen-bond donors (Lipinski definition) is 3. The van der Waals surface area contributed by atoms with Crippen molar-refractivity contribution >= 4 is 44.8 Å². The van der Waals surface area contributed by atoms with Gasteiger partial charge >= 0.3 is 0 Å². The average Bonchev–Trinajstić information content (AvgIpc) is 2.89. The third-order valence-corrected chi connectivity index (χ3v) is 7.22. The molecular weight excluding hydrogens is 510 g/mol. The Balaban J connectivity index is 1.46. The van der Waals surface area contributed by atoms with Gasteiger partial charge in [0.2, 0.25) is 0 Å². The fourth-order valence-electron chi connectivity index (χ4n) is 3.52. The molecule has 0 saturated heterocycles. The summed E-state index contributed by atoms with van der Waals surface area (Å²) in [6, 6.07) is 26.8. The van der Waals surface area contributed by atoms with E-state index in [1.807, 2.05) is 37.3 Å². The molecule has 0 heterocycles. The highest BCUT2D eigenvalue weighted by atomic mass is 35.5. The molecule has 7 nitrogen and oxygen atoms in total. The van der Waals surface area contributed by atoms with E-state index < -0.39 is 15.9 Å². The number of sulfonamides is 1. The Kier molecular flexibility index (Phi) is 7.91. The van der Waals surface area contributed by atoms with Gasteiger partial charge in [-0.15, -0.1) is 0 Å². The SMILES string of the molecule is Cc1ccc(S(=O)(=O)Nc2ccc(C(=O)Nc3ccccc3C(=O)NCc3ccccc3)cc2Cl)cc1. The first kappa shape index (κ1) is 25.9. The van der Waals surface area contributed by atoms with Gasteiger partial charge in [0.15, 0.2) is 0 Å². The number of nitrogens with one attached hydrogen (secondary N) is 3. The van der Waals surface area contributed by atoms with Crippen LogP contribution in [0.15, 0.2) is 102 Å². The maximum atomic E-state index is 12.9. The lowest BCUT2D eigenvalue weighted by molar-refractivity contribution is 0.0951. The molecule has 0 unspecified atom stereocenters. The summed E-state index contributed by atoms with van der Waals surface area (Å²) < 4.78 is 27.8. The van der Waals surface area contributed by atoms with Gasteiger partial charge in [-0.05, 0) is 55.0 Å². The maximum absolute atomic E-state index is 12.9. The molecule has 0 atom stereocenters. The number of carbonyl (C=O) groups is 2. The van der Waals surface area contributed by atoms with Crippen LogP contribution in [0.2, 0.25) is 5.02 Å². The summed E-state index contributed by atoms with van der Waals surface area (Å²) in [6.07, 6.45) is 0. The third-order valence-electron chi connectivity index (χ3n) is 5.52. The molecule has 0 spiro atoms. The Labute approximate surface area is 220 Å². The lowest BCUT2D eigenvalue weighted by Crippen LogP contribution is -2.24. The van der Waals surface area contributed by atoms with E-state index in [4.69, 9.17) is 11.6 Å². The molecule has 0 radical (unpaired) electrons. The lowest BCUT2D eigenvalue weighted by atomic mass is 10.1. The first-order chi connectivity index (χ1) is 17.7. The highest BCUT2D eigenvalue weighted by molar-refractivity contribution is 7.92. The van der Waals surface area contributed by atoms with Crippen LogP contribution in [0.25, 0.3) is 0 Å². The van der Waals surface area contributed by atoms with Crippen LogP contribution in [0, 0.1) is 6.92 Å². The van der Waals surface area contributed by atoms with Crippen molar-refractivity contribution in [2.75, 3.05) is 10.0 Å². The number of aryl methyl sites for hydroxylation is 1. The largest absolute Gasteiger partial charge is 0.348 e. The number of benzene rings is 4. The van der Waals surface area contributed by atoms with Crippen molar-refractivity contribution in [1.29, 1.82) is 0 Å². The highest BCUT2D eigenvalue weighted by Gasteiger charge is 2.18. The molecule has 0 aliphatic carbocycles. The number of hydrogen-bond acceptors (Lipinski definition) is 4. The van der Waals surface area contributed by atoms with Gasteiger partial charge in [0.25, 0.3) is 21.8 Å². The van der Waals surface area contributed by atoms with Crippen molar-refractivity contribution in [3.05, 3.63) is 124 Å². The van der Waals surface area contributed by atoms with E-state index in [0.29, 0.717) is 17.8 Å². The Morgan fingerprint density at radius 3 is 2.16 bits per heavy atom. The molecular formula is C28H24ClN3O4S. The Hall–Kier alpha value is -4.14. The average molecular weight is 534 g/mol. The van der Waals surface area contributed by atoms with E-state index in [-0.39, 0.29) is 27.1 Å². The predicted molar refractivity (Wildman–Crippen MR) is 145 cm³/mol. The predicted octanol–water partition coefficient (Wildman–Crippen LogP) is 5.63. The molecule has 0 aromatic heterocycles. The molecule has 4 rings (SSSR count). The summed E-state index contributed by atoms with van der Waals surface area (Å²) in [5.41, 5.74) is 2.86. The van der Waals surface area contributed by atoms with Crippen molar-refractivity contribution in [1.82, 2.24) is 5.32 Å². The highest BCUT2D eigenvalue weighted by Crippen LogP contribution is 2.27. The monoisotopic (exact) mass is 533 g/mol. The number of amides is 2. The van der Waals surface area contributed by atoms with Gasteiger partial charge in [0, 0.05) is 12.1 Å². The Morgan fingerprint density at radius 2 is 1.46 bits per heavy atom. The molecule has 4 aromatic carbocycles. The van der Waals surface area contributed by atoms with E-state index >= 15 is 0 Å². The van der Waals surface area contributed by atoms with Crippen LogP contribution in [0.3, 0.4) is 0 Å². The molecule has 0 fully saturated rings. The zero-order valence-corrected chi connectivity index (χ0v) is 21.4. The maximum Gasteiger partial charge on any atom is 0.261 e. The number of carbonyl (C=O) groups excluding carboxylic acids is 2. The molecule has 3 N–H and O–H groups in total. The number of anilines is 2.